The van der Waals surface area contributed by atoms with Crippen molar-refractivity contribution >= 4 is 32.4 Å². The Labute approximate surface area is 194 Å². The maximum Gasteiger partial charge on any atom is 0.243 e. The molecular formula is C25H28N4O3S. The topological polar surface area (TPSA) is 73.8 Å². The summed E-state index contributed by atoms with van der Waals surface area (Å²) in [6, 6.07) is 17.0. The molecule has 0 N–H and O–H groups in total. The van der Waals surface area contributed by atoms with Crippen LogP contribution >= 0.6 is 0 Å². The van der Waals surface area contributed by atoms with E-state index in [0.717, 1.165) is 29.5 Å². The second-order valence-corrected chi connectivity index (χ2v) is 10.6. The van der Waals surface area contributed by atoms with Gasteiger partial charge in [-0.15, -0.1) is 0 Å². The molecule has 0 spiro atoms. The van der Waals surface area contributed by atoms with Crippen LogP contribution in [0.2, 0.25) is 0 Å². The Morgan fingerprint density at radius 1 is 0.818 bits per heavy atom. The maximum absolute atomic E-state index is 13.2. The predicted octanol–water partition coefficient (Wildman–Crippen LogP) is 2.98. The summed E-state index contributed by atoms with van der Waals surface area (Å²) in [6.07, 6.45) is 4.70. The van der Waals surface area contributed by atoms with Crippen LogP contribution in [0.15, 0.2) is 71.9 Å². The summed E-state index contributed by atoms with van der Waals surface area (Å²) in [6.45, 7) is 3.73. The quantitative estimate of drug-likeness (QED) is 0.594. The van der Waals surface area contributed by atoms with Gasteiger partial charge in [0.1, 0.15) is 0 Å². The van der Waals surface area contributed by atoms with E-state index < -0.39 is 10.0 Å². The highest BCUT2D eigenvalue weighted by Crippen LogP contribution is 2.27. The van der Waals surface area contributed by atoms with Gasteiger partial charge >= 0.3 is 0 Å². The average molecular weight is 465 g/mol. The zero-order valence-corrected chi connectivity index (χ0v) is 19.3. The van der Waals surface area contributed by atoms with Crippen LogP contribution in [0.3, 0.4) is 0 Å². The van der Waals surface area contributed by atoms with E-state index in [4.69, 9.17) is 0 Å². The van der Waals surface area contributed by atoms with Crippen LogP contribution in [0.1, 0.15) is 12.8 Å². The van der Waals surface area contributed by atoms with E-state index in [1.807, 2.05) is 47.4 Å². The highest BCUT2D eigenvalue weighted by molar-refractivity contribution is 7.89. The van der Waals surface area contributed by atoms with Gasteiger partial charge in [-0.2, -0.15) is 4.31 Å². The molecule has 2 aliphatic heterocycles. The smallest absolute Gasteiger partial charge is 0.243 e. The second-order valence-electron chi connectivity index (χ2n) is 8.71. The molecule has 2 aromatic carbocycles. The second kappa shape index (κ2) is 9.11. The van der Waals surface area contributed by atoms with Gasteiger partial charge in [0.05, 0.1) is 4.90 Å². The number of carbonyl (C=O) groups is 1. The first-order chi connectivity index (χ1) is 16.0. The lowest BCUT2D eigenvalue weighted by Crippen LogP contribution is -2.52. The summed E-state index contributed by atoms with van der Waals surface area (Å²) in [4.78, 5) is 21.7. The molecule has 0 saturated carbocycles. The summed E-state index contributed by atoms with van der Waals surface area (Å²) in [5, 5.41) is 1.93. The number of amides is 1. The Kier molecular flexibility index (Phi) is 6.03. The molecule has 5 rings (SSSR count). The number of piperazine rings is 1. The first-order valence-electron chi connectivity index (χ1n) is 11.4. The van der Waals surface area contributed by atoms with Crippen molar-refractivity contribution in [3.05, 3.63) is 67.0 Å². The number of anilines is 1. The number of aromatic nitrogens is 1. The highest BCUT2D eigenvalue weighted by Gasteiger charge is 2.34. The fourth-order valence-electron chi connectivity index (χ4n) is 4.82. The van der Waals surface area contributed by atoms with Crippen molar-refractivity contribution in [1.82, 2.24) is 14.2 Å². The summed E-state index contributed by atoms with van der Waals surface area (Å²) in [5.74, 6) is 0.0488. The molecule has 0 unspecified atom stereocenters. The number of fused-ring (bicyclic) bond motifs is 1. The molecule has 7 nitrogen and oxygen atoms in total. The molecule has 2 fully saturated rings. The zero-order valence-electron chi connectivity index (χ0n) is 18.5. The number of carbonyl (C=O) groups excluding carboxylic acids is 1. The third-order valence-electron chi connectivity index (χ3n) is 6.78. The van der Waals surface area contributed by atoms with E-state index in [0.29, 0.717) is 43.9 Å². The van der Waals surface area contributed by atoms with Gasteiger partial charge in [-0.1, -0.05) is 30.3 Å². The third-order valence-corrected chi connectivity index (χ3v) is 8.68. The SMILES string of the molecule is O=C(C1CCN(S(=O)(=O)c2ccc3ccccc3c2)CC1)N1CCN(c2ccncc2)CC1. The number of hydrogen-bond acceptors (Lipinski definition) is 5. The number of piperidine rings is 1. The Bertz CT molecular complexity index is 1230. The Morgan fingerprint density at radius 2 is 1.48 bits per heavy atom. The summed E-state index contributed by atoms with van der Waals surface area (Å²) >= 11 is 0. The lowest BCUT2D eigenvalue weighted by molar-refractivity contribution is -0.137. The van der Waals surface area contributed by atoms with E-state index in [2.05, 4.69) is 9.88 Å². The lowest BCUT2D eigenvalue weighted by Gasteiger charge is -2.39. The minimum Gasteiger partial charge on any atom is -0.368 e. The molecule has 172 valence electrons. The van der Waals surface area contributed by atoms with Crippen molar-refractivity contribution in [3.63, 3.8) is 0 Å². The van der Waals surface area contributed by atoms with Gasteiger partial charge in [-0.25, -0.2) is 8.42 Å². The normalized spacial score (nSPS) is 18.5. The Balaban J connectivity index is 1.18. The minimum absolute atomic E-state index is 0.111. The molecule has 0 aliphatic carbocycles. The largest absolute Gasteiger partial charge is 0.368 e. The van der Waals surface area contributed by atoms with Crippen LogP contribution in [0.25, 0.3) is 10.8 Å². The van der Waals surface area contributed by atoms with Crippen molar-refractivity contribution in [2.75, 3.05) is 44.2 Å². The van der Waals surface area contributed by atoms with Crippen LogP contribution in [-0.2, 0) is 14.8 Å². The number of nitrogens with zero attached hydrogens (tertiary/aromatic N) is 4. The van der Waals surface area contributed by atoms with Gasteiger partial charge in [-0.05, 0) is 47.9 Å². The minimum atomic E-state index is -3.57. The first-order valence-corrected chi connectivity index (χ1v) is 12.9. The van der Waals surface area contributed by atoms with Crippen LogP contribution in [-0.4, -0.2) is 67.8 Å². The molecular weight excluding hydrogens is 436 g/mol. The molecule has 0 atom stereocenters. The molecule has 3 heterocycles. The van der Waals surface area contributed by atoms with Gasteiger partial charge in [-0.3, -0.25) is 9.78 Å². The fraction of sp³-hybridized carbons (Fsp3) is 0.360. The molecule has 3 aromatic rings. The number of sulfonamides is 1. The maximum atomic E-state index is 13.2. The van der Waals surface area contributed by atoms with Crippen molar-refractivity contribution in [3.8, 4) is 0 Å². The highest BCUT2D eigenvalue weighted by atomic mass is 32.2. The number of rotatable bonds is 4. The average Bonchev–Trinajstić information content (AvgIpc) is 2.88. The van der Waals surface area contributed by atoms with E-state index in [9.17, 15) is 13.2 Å². The van der Waals surface area contributed by atoms with Gasteiger partial charge in [0, 0.05) is 63.3 Å². The molecule has 8 heteroatoms. The van der Waals surface area contributed by atoms with Crippen LogP contribution in [0, 0.1) is 5.92 Å². The predicted molar refractivity (Wildman–Crippen MR) is 128 cm³/mol. The molecule has 0 bridgehead atoms. The molecule has 1 amide bonds. The van der Waals surface area contributed by atoms with Gasteiger partial charge in [0.25, 0.3) is 0 Å². The Morgan fingerprint density at radius 3 is 2.18 bits per heavy atom. The van der Waals surface area contributed by atoms with E-state index >= 15 is 0 Å². The van der Waals surface area contributed by atoms with Gasteiger partial charge in [0.2, 0.25) is 15.9 Å². The molecule has 0 radical (unpaired) electrons. The van der Waals surface area contributed by atoms with E-state index in [1.165, 1.54) is 4.31 Å². The number of hydrogen-bond donors (Lipinski definition) is 0. The van der Waals surface area contributed by atoms with Crippen molar-refractivity contribution in [1.29, 1.82) is 0 Å². The molecule has 2 aliphatic rings. The standard InChI is InChI=1S/C25H28N4O3S/c30-25(28-17-15-27(16-18-28)23-7-11-26-12-8-23)21-9-13-29(14-10-21)33(31,32)24-6-5-20-3-1-2-4-22(20)19-24/h1-8,11-12,19,21H,9-10,13-18H2. The van der Waals surface area contributed by atoms with Crippen molar-refractivity contribution < 1.29 is 13.2 Å². The number of pyridine rings is 1. The summed E-state index contributed by atoms with van der Waals surface area (Å²) < 4.78 is 27.9. The summed E-state index contributed by atoms with van der Waals surface area (Å²) in [5.41, 5.74) is 1.13. The molecule has 1 aromatic heterocycles. The van der Waals surface area contributed by atoms with Gasteiger partial charge in [0.15, 0.2) is 0 Å². The van der Waals surface area contributed by atoms with Crippen LogP contribution in [0.5, 0.6) is 0 Å². The van der Waals surface area contributed by atoms with Crippen LogP contribution in [0.4, 0.5) is 5.69 Å². The van der Waals surface area contributed by atoms with Crippen molar-refractivity contribution in [2.45, 2.75) is 17.7 Å². The van der Waals surface area contributed by atoms with E-state index in [-0.39, 0.29) is 11.8 Å². The molecule has 33 heavy (non-hydrogen) atoms. The zero-order chi connectivity index (χ0) is 22.8. The lowest BCUT2D eigenvalue weighted by atomic mass is 9.96. The van der Waals surface area contributed by atoms with Gasteiger partial charge < -0.3 is 9.80 Å². The summed E-state index contributed by atoms with van der Waals surface area (Å²) in [7, 11) is -3.57. The van der Waals surface area contributed by atoms with E-state index in [1.54, 1.807) is 24.5 Å². The number of benzene rings is 2. The van der Waals surface area contributed by atoms with Crippen LogP contribution < -0.4 is 4.90 Å². The van der Waals surface area contributed by atoms with Crippen molar-refractivity contribution in [2.24, 2.45) is 5.92 Å². The third kappa shape index (κ3) is 4.45. The monoisotopic (exact) mass is 464 g/mol. The first kappa shape index (κ1) is 21.9. The Hall–Kier alpha value is -2.97. The fourth-order valence-corrected chi connectivity index (χ4v) is 6.32. The molecule has 2 saturated heterocycles.